The predicted molar refractivity (Wildman–Crippen MR) is 156 cm³/mol. The van der Waals surface area contributed by atoms with Crippen molar-refractivity contribution < 1.29 is 22.8 Å². The number of piperidine rings is 1. The highest BCUT2D eigenvalue weighted by Crippen LogP contribution is 2.24. The lowest BCUT2D eigenvalue weighted by Gasteiger charge is -2.34. The van der Waals surface area contributed by atoms with E-state index in [0.717, 1.165) is 44.3 Å². The molecule has 0 aromatic carbocycles. The van der Waals surface area contributed by atoms with Crippen LogP contribution in [-0.2, 0) is 19.6 Å². The molecule has 40 heavy (non-hydrogen) atoms. The van der Waals surface area contributed by atoms with Crippen molar-refractivity contribution in [2.24, 2.45) is 0 Å². The molecule has 1 aromatic heterocycles. The molecule has 0 radical (unpaired) electrons. The number of rotatable bonds is 10. The van der Waals surface area contributed by atoms with E-state index in [4.69, 9.17) is 11.6 Å². The van der Waals surface area contributed by atoms with Crippen molar-refractivity contribution >= 4 is 56.9 Å². The maximum absolute atomic E-state index is 13.3. The van der Waals surface area contributed by atoms with E-state index in [2.05, 4.69) is 14.9 Å². The third kappa shape index (κ3) is 7.96. The van der Waals surface area contributed by atoms with E-state index in [-0.39, 0.29) is 36.5 Å². The molecule has 3 aliphatic rings. The van der Waals surface area contributed by atoms with Gasteiger partial charge in [0.25, 0.3) is 0 Å². The number of amides is 4. The van der Waals surface area contributed by atoms with Crippen molar-refractivity contribution in [2.75, 3.05) is 52.9 Å². The summed E-state index contributed by atoms with van der Waals surface area (Å²) >= 11 is 7.16. The van der Waals surface area contributed by atoms with Gasteiger partial charge in [-0.15, -0.1) is 11.3 Å². The van der Waals surface area contributed by atoms with E-state index in [0.29, 0.717) is 41.7 Å². The van der Waals surface area contributed by atoms with Gasteiger partial charge >= 0.3 is 6.03 Å². The minimum absolute atomic E-state index is 0.0559. The molecule has 3 atom stereocenters. The van der Waals surface area contributed by atoms with E-state index >= 15 is 0 Å². The Morgan fingerprint density at radius 2 is 1.95 bits per heavy atom. The number of carbonyl (C=O) groups excluding carboxylic acids is 3. The number of carbonyl (C=O) groups is 3. The molecular weight excluding hydrogens is 576 g/mol. The number of sulfonamides is 1. The molecule has 3 saturated heterocycles. The van der Waals surface area contributed by atoms with Gasteiger partial charge in [-0.2, -0.15) is 4.72 Å². The second-order valence-electron chi connectivity index (χ2n) is 10.6. The summed E-state index contributed by atoms with van der Waals surface area (Å²) in [6, 6.07) is 2.64. The average Bonchev–Trinajstić information content (AvgIpc) is 3.67. The second kappa shape index (κ2) is 13.6. The third-order valence-corrected chi connectivity index (χ3v) is 10.1. The van der Waals surface area contributed by atoms with Crippen LogP contribution in [0.2, 0.25) is 4.34 Å². The van der Waals surface area contributed by atoms with Crippen LogP contribution in [0, 0.1) is 0 Å². The molecule has 0 saturated carbocycles. The highest BCUT2D eigenvalue weighted by Gasteiger charge is 2.37. The maximum Gasteiger partial charge on any atom is 0.317 e. The van der Waals surface area contributed by atoms with E-state index < -0.39 is 16.1 Å². The van der Waals surface area contributed by atoms with Gasteiger partial charge in [-0.3, -0.25) is 14.5 Å². The number of hydrogen-bond acceptors (Lipinski definition) is 7. The number of urea groups is 1. The molecule has 11 nitrogen and oxygen atoms in total. The summed E-state index contributed by atoms with van der Waals surface area (Å²) in [4.78, 5) is 46.8. The van der Waals surface area contributed by atoms with Crippen LogP contribution in [0.25, 0.3) is 6.08 Å². The van der Waals surface area contributed by atoms with Gasteiger partial charge in [0, 0.05) is 68.7 Å². The first-order chi connectivity index (χ1) is 19.1. The normalized spacial score (nSPS) is 24.3. The molecule has 4 rings (SSSR count). The van der Waals surface area contributed by atoms with Gasteiger partial charge in [0.2, 0.25) is 21.8 Å². The maximum atomic E-state index is 13.3. The first kappa shape index (κ1) is 30.8. The number of likely N-dealkylation sites (tertiary alicyclic amines) is 3. The molecule has 4 amide bonds. The van der Waals surface area contributed by atoms with Crippen LogP contribution in [-0.4, -0.2) is 117 Å². The first-order valence-electron chi connectivity index (χ1n) is 13.8. The largest absolute Gasteiger partial charge is 0.338 e. The van der Waals surface area contributed by atoms with E-state index in [1.807, 2.05) is 18.9 Å². The Morgan fingerprint density at radius 1 is 1.18 bits per heavy atom. The molecule has 2 N–H and O–H groups in total. The molecule has 1 aromatic rings. The molecule has 0 spiro atoms. The highest BCUT2D eigenvalue weighted by atomic mass is 35.5. The monoisotopic (exact) mass is 614 g/mol. The molecule has 0 bridgehead atoms. The number of nitrogens with zero attached hydrogens (tertiary/aromatic N) is 4. The van der Waals surface area contributed by atoms with Crippen molar-refractivity contribution in [3.63, 3.8) is 0 Å². The van der Waals surface area contributed by atoms with E-state index in [1.165, 1.54) is 22.3 Å². The average molecular weight is 615 g/mol. The van der Waals surface area contributed by atoms with Crippen molar-refractivity contribution in [1.29, 1.82) is 0 Å². The number of thiophene rings is 1. The first-order valence-corrected chi connectivity index (χ1v) is 16.6. The van der Waals surface area contributed by atoms with Crippen LogP contribution in [0.4, 0.5) is 4.79 Å². The molecule has 14 heteroatoms. The summed E-state index contributed by atoms with van der Waals surface area (Å²) < 4.78 is 28.2. The SMILES string of the molecule is CCNC(=O)N(C)C1CCN(CC2CCCN2C(=O)CN2CCCC(NS(=O)(=O)/C=C/c3ccc(Cl)s3)C2=O)C1. The minimum Gasteiger partial charge on any atom is -0.338 e. The lowest BCUT2D eigenvalue weighted by atomic mass is 10.1. The molecule has 4 heterocycles. The van der Waals surface area contributed by atoms with Crippen molar-refractivity contribution in [1.82, 2.24) is 29.6 Å². The Kier molecular flexibility index (Phi) is 10.5. The van der Waals surface area contributed by atoms with Crippen LogP contribution < -0.4 is 10.0 Å². The zero-order valence-corrected chi connectivity index (χ0v) is 25.4. The number of hydrogen-bond donors (Lipinski definition) is 2. The summed E-state index contributed by atoms with van der Waals surface area (Å²) in [5.74, 6) is -0.480. The predicted octanol–water partition coefficient (Wildman–Crippen LogP) is 2.01. The molecular formula is C26H39ClN6O5S2. The van der Waals surface area contributed by atoms with Gasteiger partial charge in [0.05, 0.1) is 10.9 Å². The topological polar surface area (TPSA) is 122 Å². The Balaban J connectivity index is 1.29. The Bertz CT molecular complexity index is 1210. The van der Waals surface area contributed by atoms with Crippen molar-refractivity contribution in [2.45, 2.75) is 57.2 Å². The standard InChI is InChI=1S/C26H39ClN6O5S2/c1-3-28-26(36)30(2)19-10-14-31(16-19)17-20-6-4-13-33(20)24(34)18-32-12-5-7-22(25(32)35)29-40(37,38)15-11-21-8-9-23(27)39-21/h8-9,11,15,19-20,22,29H,3-7,10,12-14,16-18H2,1-2H3,(H,28,36)/b15-11+. The summed E-state index contributed by atoms with van der Waals surface area (Å²) in [7, 11) is -2.03. The van der Waals surface area contributed by atoms with Crippen LogP contribution in [0.15, 0.2) is 17.5 Å². The smallest absolute Gasteiger partial charge is 0.317 e. The Hall–Kier alpha value is -2.19. The zero-order valence-electron chi connectivity index (χ0n) is 23.1. The van der Waals surface area contributed by atoms with Gasteiger partial charge in [-0.1, -0.05) is 11.6 Å². The van der Waals surface area contributed by atoms with E-state index in [9.17, 15) is 22.8 Å². The van der Waals surface area contributed by atoms with Crippen LogP contribution in [0.3, 0.4) is 0 Å². The van der Waals surface area contributed by atoms with Crippen molar-refractivity contribution in [3.05, 3.63) is 26.8 Å². The van der Waals surface area contributed by atoms with E-state index in [1.54, 1.807) is 17.0 Å². The molecule has 3 aliphatic heterocycles. The minimum atomic E-state index is -3.86. The summed E-state index contributed by atoms with van der Waals surface area (Å²) in [6.07, 6.45) is 5.14. The lowest BCUT2D eigenvalue weighted by Crippen LogP contribution is -2.55. The molecule has 3 unspecified atom stereocenters. The van der Waals surface area contributed by atoms with Crippen molar-refractivity contribution in [3.8, 4) is 0 Å². The molecule has 222 valence electrons. The summed E-state index contributed by atoms with van der Waals surface area (Å²) in [5.41, 5.74) is 0. The highest BCUT2D eigenvalue weighted by molar-refractivity contribution is 7.92. The van der Waals surface area contributed by atoms with Crippen LogP contribution in [0.5, 0.6) is 0 Å². The quantitative estimate of drug-likeness (QED) is 0.416. The fraction of sp³-hybridized carbons (Fsp3) is 0.654. The third-order valence-electron chi connectivity index (χ3n) is 7.78. The van der Waals surface area contributed by atoms with Gasteiger partial charge in [0.15, 0.2) is 0 Å². The fourth-order valence-electron chi connectivity index (χ4n) is 5.66. The van der Waals surface area contributed by atoms with Gasteiger partial charge in [-0.25, -0.2) is 13.2 Å². The Labute approximate surface area is 245 Å². The molecule has 0 aliphatic carbocycles. The Morgan fingerprint density at radius 3 is 2.67 bits per heavy atom. The number of likely N-dealkylation sites (N-methyl/N-ethyl adjacent to an activating group) is 1. The second-order valence-corrected chi connectivity index (χ2v) is 13.9. The van der Waals surface area contributed by atoms with Gasteiger partial charge < -0.3 is 20.0 Å². The lowest BCUT2D eigenvalue weighted by molar-refractivity contribution is -0.143. The number of halogens is 1. The zero-order chi connectivity index (χ0) is 28.9. The van der Waals surface area contributed by atoms with Crippen LogP contribution in [0.1, 0.15) is 43.9 Å². The number of nitrogens with one attached hydrogen (secondary N) is 2. The molecule has 3 fully saturated rings. The summed E-state index contributed by atoms with van der Waals surface area (Å²) in [6.45, 7) is 5.88. The van der Waals surface area contributed by atoms with Crippen LogP contribution >= 0.6 is 22.9 Å². The van der Waals surface area contributed by atoms with Gasteiger partial charge in [0.1, 0.15) is 6.04 Å². The summed E-state index contributed by atoms with van der Waals surface area (Å²) in [5, 5.41) is 3.88. The van der Waals surface area contributed by atoms with Gasteiger partial charge in [-0.05, 0) is 57.2 Å². The fourth-order valence-corrected chi connectivity index (χ4v) is 7.73.